The van der Waals surface area contributed by atoms with Gasteiger partial charge in [-0.1, -0.05) is 0 Å². The summed E-state index contributed by atoms with van der Waals surface area (Å²) in [5.74, 6) is -0.333. The zero-order valence-electron chi connectivity index (χ0n) is 7.04. The Morgan fingerprint density at radius 2 is 2.14 bits per heavy atom. The third-order valence-electron chi connectivity index (χ3n) is 1.93. The van der Waals surface area contributed by atoms with Gasteiger partial charge in [-0.3, -0.25) is 15.1 Å². The third kappa shape index (κ3) is 1.15. The molecule has 1 heterocycles. The average Bonchev–Trinajstić information content (AvgIpc) is 2.18. The SMILES string of the molecule is O=[N+]([O-])c1ccc2ncccc2c1O. The normalized spacial score (nSPS) is 10.3. The first-order valence-electron chi connectivity index (χ1n) is 3.91. The number of pyridine rings is 1. The van der Waals surface area contributed by atoms with Crippen LogP contribution in [0, 0.1) is 10.1 Å². The fourth-order valence-corrected chi connectivity index (χ4v) is 1.27. The molecule has 0 aliphatic rings. The molecule has 0 bridgehead atoms. The van der Waals surface area contributed by atoms with E-state index in [2.05, 4.69) is 4.98 Å². The van der Waals surface area contributed by atoms with E-state index in [1.54, 1.807) is 18.3 Å². The van der Waals surface area contributed by atoms with Gasteiger partial charge in [0.2, 0.25) is 5.75 Å². The van der Waals surface area contributed by atoms with Crippen molar-refractivity contribution in [3.63, 3.8) is 0 Å². The molecule has 0 atom stereocenters. The highest BCUT2D eigenvalue weighted by molar-refractivity contribution is 5.88. The fraction of sp³-hybridized carbons (Fsp3) is 0. The minimum Gasteiger partial charge on any atom is -0.502 e. The molecule has 0 amide bonds. The summed E-state index contributed by atoms with van der Waals surface area (Å²) < 4.78 is 0. The Balaban J connectivity index is 2.81. The molecule has 1 aromatic carbocycles. The van der Waals surface area contributed by atoms with E-state index in [0.717, 1.165) is 0 Å². The topological polar surface area (TPSA) is 76.3 Å². The molecule has 0 aliphatic heterocycles. The number of fused-ring (bicyclic) bond motifs is 1. The molecule has 14 heavy (non-hydrogen) atoms. The molecule has 0 unspecified atom stereocenters. The first-order chi connectivity index (χ1) is 6.70. The number of benzene rings is 1. The van der Waals surface area contributed by atoms with E-state index < -0.39 is 4.92 Å². The van der Waals surface area contributed by atoms with Crippen molar-refractivity contribution in [3.8, 4) is 5.75 Å². The number of aromatic nitrogens is 1. The monoisotopic (exact) mass is 190 g/mol. The average molecular weight is 190 g/mol. The summed E-state index contributed by atoms with van der Waals surface area (Å²) in [7, 11) is 0. The Hall–Kier alpha value is -2.17. The third-order valence-corrected chi connectivity index (χ3v) is 1.93. The lowest BCUT2D eigenvalue weighted by Gasteiger charge is -1.99. The van der Waals surface area contributed by atoms with Crippen molar-refractivity contribution in [3.05, 3.63) is 40.6 Å². The maximum absolute atomic E-state index is 10.5. The van der Waals surface area contributed by atoms with Crippen molar-refractivity contribution in [2.24, 2.45) is 0 Å². The second-order valence-electron chi connectivity index (χ2n) is 2.76. The number of hydrogen-bond donors (Lipinski definition) is 1. The second kappa shape index (κ2) is 2.95. The smallest absolute Gasteiger partial charge is 0.311 e. The van der Waals surface area contributed by atoms with Gasteiger partial charge in [0.1, 0.15) is 0 Å². The number of aromatic hydroxyl groups is 1. The van der Waals surface area contributed by atoms with E-state index in [1.165, 1.54) is 12.1 Å². The van der Waals surface area contributed by atoms with Crippen molar-refractivity contribution < 1.29 is 10.0 Å². The number of rotatable bonds is 1. The highest BCUT2D eigenvalue weighted by Gasteiger charge is 2.15. The highest BCUT2D eigenvalue weighted by atomic mass is 16.6. The molecular weight excluding hydrogens is 184 g/mol. The number of phenols is 1. The summed E-state index contributed by atoms with van der Waals surface area (Å²) in [6, 6.07) is 5.95. The van der Waals surface area contributed by atoms with Gasteiger partial charge in [-0.15, -0.1) is 0 Å². The van der Waals surface area contributed by atoms with Crippen LogP contribution in [-0.2, 0) is 0 Å². The molecule has 0 aliphatic carbocycles. The second-order valence-corrected chi connectivity index (χ2v) is 2.76. The van der Waals surface area contributed by atoms with Crippen LogP contribution in [0.25, 0.3) is 10.9 Å². The highest BCUT2D eigenvalue weighted by Crippen LogP contribution is 2.32. The van der Waals surface area contributed by atoms with E-state index in [0.29, 0.717) is 10.9 Å². The van der Waals surface area contributed by atoms with Gasteiger partial charge < -0.3 is 5.11 Å². The first kappa shape index (κ1) is 8.43. The summed E-state index contributed by atoms with van der Waals surface area (Å²) in [6.45, 7) is 0. The molecule has 0 radical (unpaired) electrons. The van der Waals surface area contributed by atoms with Crippen LogP contribution < -0.4 is 0 Å². The van der Waals surface area contributed by atoms with Gasteiger partial charge in [-0.05, 0) is 18.2 Å². The van der Waals surface area contributed by atoms with Crippen LogP contribution in [-0.4, -0.2) is 15.0 Å². The summed E-state index contributed by atoms with van der Waals surface area (Å²) in [5.41, 5.74) is 0.237. The zero-order valence-corrected chi connectivity index (χ0v) is 7.04. The lowest BCUT2D eigenvalue weighted by atomic mass is 10.2. The molecule has 0 spiro atoms. The summed E-state index contributed by atoms with van der Waals surface area (Å²) >= 11 is 0. The van der Waals surface area contributed by atoms with Crippen LogP contribution in [0.1, 0.15) is 0 Å². The van der Waals surface area contributed by atoms with Crippen LogP contribution in [0.4, 0.5) is 5.69 Å². The van der Waals surface area contributed by atoms with E-state index in [4.69, 9.17) is 0 Å². The maximum Gasteiger partial charge on any atom is 0.311 e. The summed E-state index contributed by atoms with van der Waals surface area (Å²) in [5, 5.41) is 20.4. The molecule has 2 rings (SSSR count). The molecule has 0 saturated carbocycles. The molecule has 0 fully saturated rings. The number of phenolic OH excluding ortho intramolecular Hbond substituents is 1. The van der Waals surface area contributed by atoms with Crippen molar-refractivity contribution in [1.82, 2.24) is 4.98 Å². The van der Waals surface area contributed by atoms with E-state index in [-0.39, 0.29) is 11.4 Å². The van der Waals surface area contributed by atoms with Gasteiger partial charge >= 0.3 is 5.69 Å². The quantitative estimate of drug-likeness (QED) is 0.549. The van der Waals surface area contributed by atoms with E-state index in [9.17, 15) is 15.2 Å². The molecule has 1 N–H and O–H groups in total. The molecule has 5 heteroatoms. The first-order valence-corrected chi connectivity index (χ1v) is 3.91. The van der Waals surface area contributed by atoms with Crippen LogP contribution in [0.3, 0.4) is 0 Å². The predicted molar refractivity (Wildman–Crippen MR) is 50.1 cm³/mol. The molecular formula is C9H6N2O3. The Morgan fingerprint density at radius 1 is 1.36 bits per heavy atom. The minimum atomic E-state index is -0.623. The number of hydrogen-bond acceptors (Lipinski definition) is 4. The number of nitro groups is 1. The van der Waals surface area contributed by atoms with Gasteiger partial charge in [-0.2, -0.15) is 0 Å². The van der Waals surface area contributed by atoms with Gasteiger partial charge in [0.15, 0.2) is 0 Å². The summed E-state index contributed by atoms with van der Waals surface area (Å²) in [4.78, 5) is 13.8. The Morgan fingerprint density at radius 3 is 2.86 bits per heavy atom. The standard InChI is InChI=1S/C9H6N2O3/c12-9-6-2-1-5-10-7(6)3-4-8(9)11(13)14/h1-5,12H. The van der Waals surface area contributed by atoms with Gasteiger partial charge in [0.25, 0.3) is 0 Å². The Bertz CT molecular complexity index is 510. The molecule has 70 valence electrons. The van der Waals surface area contributed by atoms with Crippen LogP contribution in [0.5, 0.6) is 5.75 Å². The molecule has 5 nitrogen and oxygen atoms in total. The van der Waals surface area contributed by atoms with Crippen LogP contribution in [0.2, 0.25) is 0 Å². The van der Waals surface area contributed by atoms with Crippen molar-refractivity contribution >= 4 is 16.6 Å². The maximum atomic E-state index is 10.5. The molecule has 0 saturated heterocycles. The molecule has 2 aromatic rings. The van der Waals surface area contributed by atoms with E-state index in [1.807, 2.05) is 0 Å². The minimum absolute atomic E-state index is 0.300. The van der Waals surface area contributed by atoms with Crippen molar-refractivity contribution in [1.29, 1.82) is 0 Å². The predicted octanol–water partition coefficient (Wildman–Crippen LogP) is 1.85. The van der Waals surface area contributed by atoms with Crippen molar-refractivity contribution in [2.75, 3.05) is 0 Å². The lowest BCUT2D eigenvalue weighted by molar-refractivity contribution is -0.385. The molecule has 1 aromatic heterocycles. The van der Waals surface area contributed by atoms with Crippen LogP contribution >= 0.6 is 0 Å². The van der Waals surface area contributed by atoms with Gasteiger partial charge in [0, 0.05) is 17.6 Å². The Labute approximate surface area is 78.8 Å². The fourth-order valence-electron chi connectivity index (χ4n) is 1.27. The number of nitro benzene ring substituents is 1. The number of nitrogens with zero attached hydrogens (tertiary/aromatic N) is 2. The summed E-state index contributed by atoms with van der Waals surface area (Å²) in [6.07, 6.45) is 1.56. The van der Waals surface area contributed by atoms with Gasteiger partial charge in [0.05, 0.1) is 10.4 Å². The lowest BCUT2D eigenvalue weighted by Crippen LogP contribution is -1.89. The van der Waals surface area contributed by atoms with Crippen LogP contribution in [0.15, 0.2) is 30.5 Å². The van der Waals surface area contributed by atoms with E-state index >= 15 is 0 Å². The largest absolute Gasteiger partial charge is 0.502 e. The van der Waals surface area contributed by atoms with Crippen molar-refractivity contribution in [2.45, 2.75) is 0 Å². The Kier molecular flexibility index (Phi) is 1.78. The zero-order chi connectivity index (χ0) is 10.1. The van der Waals surface area contributed by atoms with Gasteiger partial charge in [-0.25, -0.2) is 0 Å².